The Morgan fingerprint density at radius 2 is 2.00 bits per heavy atom. The molecular weight excluding hydrogens is 345 g/mol. The van der Waals surface area contributed by atoms with Crippen molar-refractivity contribution in [2.24, 2.45) is 0 Å². The zero-order valence-electron chi connectivity index (χ0n) is 13.4. The second kappa shape index (κ2) is 8.27. The fourth-order valence-electron chi connectivity index (χ4n) is 2.24. The molecule has 0 heterocycles. The summed E-state index contributed by atoms with van der Waals surface area (Å²) in [6.07, 6.45) is 0.00827. The Kier molecular flexibility index (Phi) is 6.09. The van der Waals surface area contributed by atoms with Crippen molar-refractivity contribution in [2.75, 3.05) is 16.8 Å². The van der Waals surface area contributed by atoms with Crippen LogP contribution in [0.2, 0.25) is 5.02 Å². The van der Waals surface area contributed by atoms with Crippen LogP contribution in [-0.2, 0) is 9.59 Å². The highest BCUT2D eigenvalue weighted by molar-refractivity contribution is 6.31. The van der Waals surface area contributed by atoms with Crippen LogP contribution in [0.5, 0.6) is 0 Å². The van der Waals surface area contributed by atoms with Crippen LogP contribution >= 0.6 is 11.6 Å². The van der Waals surface area contributed by atoms with Gasteiger partial charge in [0.2, 0.25) is 11.8 Å². The molecule has 0 bridgehead atoms. The first-order valence-corrected chi connectivity index (χ1v) is 7.82. The molecule has 0 spiro atoms. The normalized spacial score (nSPS) is 10.0. The molecule has 5 nitrogen and oxygen atoms in total. The number of anilines is 2. The smallest absolute Gasteiger partial charge is 0.226 e. The van der Waals surface area contributed by atoms with Gasteiger partial charge in [0.15, 0.2) is 0 Å². The van der Waals surface area contributed by atoms with Gasteiger partial charge in [-0.3, -0.25) is 9.59 Å². The Hall–Kier alpha value is -2.91. The minimum atomic E-state index is -0.584. The van der Waals surface area contributed by atoms with Gasteiger partial charge in [-0.1, -0.05) is 23.7 Å². The molecule has 1 N–H and O–H groups in total. The molecular formula is C18H15ClFN3O2. The highest BCUT2D eigenvalue weighted by atomic mass is 35.5. The molecule has 2 aromatic carbocycles. The van der Waals surface area contributed by atoms with Gasteiger partial charge in [-0.25, -0.2) is 4.39 Å². The molecule has 2 amide bonds. The molecule has 0 atom stereocenters. The Bertz CT molecular complexity index is 848. The first-order chi connectivity index (χ1) is 11.9. The predicted molar refractivity (Wildman–Crippen MR) is 93.8 cm³/mol. The van der Waals surface area contributed by atoms with Gasteiger partial charge in [-0.05, 0) is 30.3 Å². The summed E-state index contributed by atoms with van der Waals surface area (Å²) in [4.78, 5) is 25.3. The van der Waals surface area contributed by atoms with Crippen LogP contribution in [0, 0.1) is 17.1 Å². The van der Waals surface area contributed by atoms with Crippen LogP contribution in [0.4, 0.5) is 15.8 Å². The molecule has 0 fully saturated rings. The molecule has 25 heavy (non-hydrogen) atoms. The molecule has 0 aromatic heterocycles. The van der Waals surface area contributed by atoms with E-state index in [4.69, 9.17) is 16.9 Å². The monoisotopic (exact) mass is 359 g/mol. The molecule has 0 aliphatic carbocycles. The van der Waals surface area contributed by atoms with Crippen LogP contribution in [0.25, 0.3) is 0 Å². The molecule has 2 rings (SSSR count). The van der Waals surface area contributed by atoms with Crippen LogP contribution < -0.4 is 10.2 Å². The summed E-state index contributed by atoms with van der Waals surface area (Å²) in [5.41, 5.74) is 1.17. The molecule has 0 aliphatic rings. The maximum absolute atomic E-state index is 13.3. The number of carbonyl (C=O) groups excluding carboxylic acids is 2. The zero-order valence-corrected chi connectivity index (χ0v) is 14.2. The Morgan fingerprint density at radius 3 is 2.64 bits per heavy atom. The number of halogens is 2. The van der Waals surface area contributed by atoms with E-state index < -0.39 is 5.82 Å². The van der Waals surface area contributed by atoms with Gasteiger partial charge in [-0.15, -0.1) is 0 Å². The van der Waals surface area contributed by atoms with Gasteiger partial charge in [0, 0.05) is 25.6 Å². The average Bonchev–Trinajstić information content (AvgIpc) is 2.58. The van der Waals surface area contributed by atoms with E-state index in [9.17, 15) is 14.0 Å². The largest absolute Gasteiger partial charge is 0.325 e. The van der Waals surface area contributed by atoms with Crippen LogP contribution in [0.3, 0.4) is 0 Å². The van der Waals surface area contributed by atoms with E-state index in [1.54, 1.807) is 24.3 Å². The number of nitrogens with one attached hydrogen (secondary N) is 1. The number of benzene rings is 2. The van der Waals surface area contributed by atoms with Gasteiger partial charge < -0.3 is 10.2 Å². The molecule has 0 aliphatic heterocycles. The number of amides is 2. The van der Waals surface area contributed by atoms with Crippen molar-refractivity contribution in [1.82, 2.24) is 0 Å². The Balaban J connectivity index is 2.06. The van der Waals surface area contributed by atoms with E-state index in [-0.39, 0.29) is 29.8 Å². The first kappa shape index (κ1) is 18.4. The van der Waals surface area contributed by atoms with Gasteiger partial charge in [-0.2, -0.15) is 5.26 Å². The topological polar surface area (TPSA) is 73.2 Å². The van der Waals surface area contributed by atoms with Gasteiger partial charge in [0.25, 0.3) is 0 Å². The van der Waals surface area contributed by atoms with Crippen molar-refractivity contribution < 1.29 is 14.0 Å². The zero-order chi connectivity index (χ0) is 18.4. The molecule has 0 radical (unpaired) electrons. The number of rotatable bonds is 5. The number of para-hydroxylation sites is 1. The standard InChI is InChI=1S/C18H15ClFN3O2/c1-12(24)23(14-6-7-16(20)15(19)10-14)9-8-18(25)22-17-5-3-2-4-13(17)11-21/h2-7,10H,8-9H2,1H3,(H,22,25). The van der Waals surface area contributed by atoms with E-state index in [0.717, 1.165) is 6.07 Å². The van der Waals surface area contributed by atoms with Gasteiger partial charge in [0.1, 0.15) is 11.9 Å². The summed E-state index contributed by atoms with van der Waals surface area (Å²) in [7, 11) is 0. The molecule has 2 aromatic rings. The average molecular weight is 360 g/mol. The van der Waals surface area contributed by atoms with Crippen molar-refractivity contribution in [3.05, 3.63) is 58.9 Å². The summed E-state index contributed by atoms with van der Waals surface area (Å²) in [6, 6.07) is 12.5. The lowest BCUT2D eigenvalue weighted by Crippen LogP contribution is -2.32. The lowest BCUT2D eigenvalue weighted by atomic mass is 10.2. The fraction of sp³-hybridized carbons (Fsp3) is 0.167. The van der Waals surface area contributed by atoms with Crippen molar-refractivity contribution in [2.45, 2.75) is 13.3 Å². The highest BCUT2D eigenvalue weighted by Gasteiger charge is 2.15. The molecule has 0 saturated carbocycles. The van der Waals surface area contributed by atoms with E-state index in [1.807, 2.05) is 6.07 Å². The van der Waals surface area contributed by atoms with Crippen LogP contribution in [0.1, 0.15) is 18.9 Å². The maximum Gasteiger partial charge on any atom is 0.226 e. The van der Waals surface area contributed by atoms with Crippen molar-refractivity contribution in [3.8, 4) is 6.07 Å². The number of hydrogen-bond donors (Lipinski definition) is 1. The lowest BCUT2D eigenvalue weighted by Gasteiger charge is -2.21. The van der Waals surface area contributed by atoms with Crippen LogP contribution in [-0.4, -0.2) is 18.4 Å². The number of nitriles is 1. The Labute approximate surface area is 149 Å². The van der Waals surface area contributed by atoms with E-state index in [0.29, 0.717) is 16.9 Å². The SMILES string of the molecule is CC(=O)N(CCC(=O)Nc1ccccc1C#N)c1ccc(F)c(Cl)c1. The molecule has 0 unspecified atom stereocenters. The van der Waals surface area contributed by atoms with E-state index >= 15 is 0 Å². The fourth-order valence-corrected chi connectivity index (χ4v) is 2.41. The van der Waals surface area contributed by atoms with Crippen molar-refractivity contribution in [3.63, 3.8) is 0 Å². The highest BCUT2D eigenvalue weighted by Crippen LogP contribution is 2.23. The third-order valence-electron chi connectivity index (χ3n) is 3.48. The maximum atomic E-state index is 13.3. The summed E-state index contributed by atoms with van der Waals surface area (Å²) in [5, 5.41) is 11.6. The Morgan fingerprint density at radius 1 is 1.28 bits per heavy atom. The predicted octanol–water partition coefficient (Wildman–Crippen LogP) is 3.73. The molecule has 7 heteroatoms. The van der Waals surface area contributed by atoms with Crippen molar-refractivity contribution >= 4 is 34.8 Å². The van der Waals surface area contributed by atoms with Gasteiger partial charge >= 0.3 is 0 Å². The second-order valence-electron chi connectivity index (χ2n) is 5.22. The summed E-state index contributed by atoms with van der Waals surface area (Å²) in [6.45, 7) is 1.44. The van der Waals surface area contributed by atoms with E-state index in [1.165, 1.54) is 24.0 Å². The number of nitrogens with zero attached hydrogens (tertiary/aromatic N) is 2. The molecule has 0 saturated heterocycles. The van der Waals surface area contributed by atoms with Gasteiger partial charge in [0.05, 0.1) is 16.3 Å². The van der Waals surface area contributed by atoms with Crippen molar-refractivity contribution in [1.29, 1.82) is 5.26 Å². The third kappa shape index (κ3) is 4.78. The summed E-state index contributed by atoms with van der Waals surface area (Å²) < 4.78 is 13.3. The minimum absolute atomic E-state index is 0.00827. The number of carbonyl (C=O) groups is 2. The lowest BCUT2D eigenvalue weighted by molar-refractivity contribution is -0.117. The first-order valence-electron chi connectivity index (χ1n) is 7.44. The minimum Gasteiger partial charge on any atom is -0.325 e. The third-order valence-corrected chi connectivity index (χ3v) is 3.77. The summed E-state index contributed by atoms with van der Waals surface area (Å²) in [5.74, 6) is -1.23. The second-order valence-corrected chi connectivity index (χ2v) is 5.63. The number of hydrogen-bond acceptors (Lipinski definition) is 3. The van der Waals surface area contributed by atoms with E-state index in [2.05, 4.69) is 5.32 Å². The molecule has 128 valence electrons. The van der Waals surface area contributed by atoms with Crippen LogP contribution in [0.15, 0.2) is 42.5 Å². The summed E-state index contributed by atoms with van der Waals surface area (Å²) >= 11 is 5.74. The quantitative estimate of drug-likeness (QED) is 0.883.